The van der Waals surface area contributed by atoms with Gasteiger partial charge >= 0.3 is 0 Å². The van der Waals surface area contributed by atoms with Crippen LogP contribution in [0.25, 0.3) is 0 Å². The molecule has 1 aromatic rings. The lowest BCUT2D eigenvalue weighted by Crippen LogP contribution is -2.25. The van der Waals surface area contributed by atoms with Gasteiger partial charge in [0.2, 0.25) is 0 Å². The Bertz CT molecular complexity index is 663. The van der Waals surface area contributed by atoms with E-state index in [1.165, 1.54) is 43.4 Å². The van der Waals surface area contributed by atoms with Crippen LogP contribution in [-0.2, 0) is 4.74 Å². The number of ether oxygens (including phenoxy) is 1. The second-order valence-corrected chi connectivity index (χ2v) is 8.49. The molecule has 2 nitrogen and oxygen atoms in total. The quantitative estimate of drug-likeness (QED) is 0.480. The maximum atomic E-state index is 13.1. The number of nitrogens with zero attached hydrogens (tertiary/aromatic N) is 1. The number of halogens is 2. The second-order valence-electron chi connectivity index (χ2n) is 8.49. The minimum Gasteiger partial charge on any atom is -0.378 e. The first-order chi connectivity index (χ1) is 13.6. The third kappa shape index (κ3) is 6.41. The van der Waals surface area contributed by atoms with E-state index in [0.717, 1.165) is 38.7 Å². The summed E-state index contributed by atoms with van der Waals surface area (Å²) in [5, 5.41) is 8.43. The molecule has 2 aliphatic carbocycles. The number of rotatable bonds is 7. The van der Waals surface area contributed by atoms with E-state index in [0.29, 0.717) is 30.3 Å². The average Bonchev–Trinajstić information content (AvgIpc) is 2.74. The molecule has 0 aliphatic heterocycles. The summed E-state index contributed by atoms with van der Waals surface area (Å²) in [6.45, 7) is 0.863. The van der Waals surface area contributed by atoms with Crippen LogP contribution in [0.4, 0.5) is 8.78 Å². The van der Waals surface area contributed by atoms with Crippen LogP contribution < -0.4 is 0 Å². The molecule has 0 saturated heterocycles. The third-order valence-electron chi connectivity index (χ3n) is 6.55. The Hall–Kier alpha value is -1.73. The maximum absolute atomic E-state index is 13.1. The molecule has 3 rings (SSSR count). The first kappa shape index (κ1) is 21.0. The number of nitriles is 1. The molecular formula is C24H31F2NO. The van der Waals surface area contributed by atoms with Crippen LogP contribution in [-0.4, -0.2) is 12.7 Å². The Balaban J connectivity index is 1.30. The molecule has 2 aliphatic rings. The van der Waals surface area contributed by atoms with Gasteiger partial charge in [0, 0.05) is 6.61 Å². The summed E-state index contributed by atoms with van der Waals surface area (Å²) in [5.74, 6) is 1.02. The van der Waals surface area contributed by atoms with E-state index in [1.54, 1.807) is 12.1 Å². The summed E-state index contributed by atoms with van der Waals surface area (Å²) >= 11 is 0. The largest absolute Gasteiger partial charge is 0.378 e. The molecule has 0 atom stereocenters. The van der Waals surface area contributed by atoms with Gasteiger partial charge in [-0.1, -0.05) is 12.1 Å². The van der Waals surface area contributed by atoms with Crippen LogP contribution in [0.15, 0.2) is 36.2 Å². The molecule has 0 spiro atoms. The number of allylic oxidation sites excluding steroid dienone is 2. The van der Waals surface area contributed by atoms with Crippen molar-refractivity contribution in [1.29, 1.82) is 5.26 Å². The molecule has 0 aromatic heterocycles. The molecule has 0 unspecified atom stereocenters. The molecule has 152 valence electrons. The third-order valence-corrected chi connectivity index (χ3v) is 6.55. The monoisotopic (exact) mass is 387 g/mol. The van der Waals surface area contributed by atoms with E-state index in [2.05, 4.69) is 0 Å². The van der Waals surface area contributed by atoms with Crippen LogP contribution in [0.1, 0.15) is 75.7 Å². The fraction of sp³-hybridized carbons (Fsp3) is 0.625. The topological polar surface area (TPSA) is 33.0 Å². The van der Waals surface area contributed by atoms with Gasteiger partial charge in [-0.3, -0.25) is 0 Å². The van der Waals surface area contributed by atoms with Crippen molar-refractivity contribution >= 4 is 0 Å². The summed E-state index contributed by atoms with van der Waals surface area (Å²) in [4.78, 5) is 0. The smallest absolute Gasteiger partial charge is 0.196 e. The molecule has 4 heteroatoms. The van der Waals surface area contributed by atoms with Gasteiger partial charge in [0.1, 0.15) is 11.9 Å². The minimum atomic E-state index is -0.661. The molecule has 28 heavy (non-hydrogen) atoms. The lowest BCUT2D eigenvalue weighted by atomic mass is 9.79. The van der Waals surface area contributed by atoms with E-state index in [4.69, 9.17) is 10.00 Å². The highest BCUT2D eigenvalue weighted by molar-refractivity contribution is 5.20. The Morgan fingerprint density at radius 3 is 2.29 bits per heavy atom. The van der Waals surface area contributed by atoms with E-state index in [9.17, 15) is 8.78 Å². The zero-order valence-corrected chi connectivity index (χ0v) is 16.6. The number of hydrogen-bond acceptors (Lipinski definition) is 2. The number of hydrogen-bond donors (Lipinski definition) is 0. The summed E-state index contributed by atoms with van der Waals surface area (Å²) in [6, 6.07) is 8.53. The van der Waals surface area contributed by atoms with Crippen molar-refractivity contribution in [2.75, 3.05) is 6.61 Å². The fourth-order valence-electron chi connectivity index (χ4n) is 4.75. The van der Waals surface area contributed by atoms with E-state index >= 15 is 0 Å². The van der Waals surface area contributed by atoms with Crippen LogP contribution in [0, 0.1) is 29.0 Å². The molecule has 0 amide bonds. The fourth-order valence-corrected chi connectivity index (χ4v) is 4.75. The Labute approximate surface area is 167 Å². The molecular weight excluding hydrogens is 356 g/mol. The lowest BCUT2D eigenvalue weighted by Gasteiger charge is -2.32. The van der Waals surface area contributed by atoms with E-state index in [1.807, 2.05) is 12.1 Å². The van der Waals surface area contributed by atoms with Gasteiger partial charge in [0.25, 0.3) is 0 Å². The molecule has 0 radical (unpaired) electrons. The number of benzene rings is 1. The van der Waals surface area contributed by atoms with Crippen molar-refractivity contribution in [2.24, 2.45) is 11.8 Å². The van der Waals surface area contributed by atoms with Crippen LogP contribution in [0.3, 0.4) is 0 Å². The summed E-state index contributed by atoms with van der Waals surface area (Å²) in [5.41, 5.74) is 1.27. The molecule has 1 aromatic carbocycles. The van der Waals surface area contributed by atoms with Gasteiger partial charge < -0.3 is 4.74 Å². The van der Waals surface area contributed by atoms with Crippen molar-refractivity contribution in [3.63, 3.8) is 0 Å². The van der Waals surface area contributed by atoms with Gasteiger partial charge in [0.05, 0.1) is 6.10 Å². The predicted molar refractivity (Wildman–Crippen MR) is 107 cm³/mol. The predicted octanol–water partition coefficient (Wildman–Crippen LogP) is 6.83. The molecule has 0 heterocycles. The van der Waals surface area contributed by atoms with Crippen LogP contribution >= 0.6 is 0 Å². The van der Waals surface area contributed by atoms with Gasteiger partial charge in [0.15, 0.2) is 5.83 Å². The first-order valence-electron chi connectivity index (χ1n) is 10.8. The zero-order chi connectivity index (χ0) is 19.8. The van der Waals surface area contributed by atoms with Crippen molar-refractivity contribution in [3.05, 3.63) is 47.5 Å². The highest BCUT2D eigenvalue weighted by Crippen LogP contribution is 2.37. The molecule has 2 fully saturated rings. The minimum absolute atomic E-state index is 0.161. The van der Waals surface area contributed by atoms with Crippen molar-refractivity contribution in [3.8, 4) is 6.07 Å². The maximum Gasteiger partial charge on any atom is 0.196 e. The highest BCUT2D eigenvalue weighted by Gasteiger charge is 2.25. The normalized spacial score (nSPS) is 28.7. The molecule has 2 saturated carbocycles. The van der Waals surface area contributed by atoms with Crippen molar-refractivity contribution < 1.29 is 13.5 Å². The van der Waals surface area contributed by atoms with Gasteiger partial charge in [-0.05, 0) is 106 Å². The SMILES string of the molecule is N#CC(F)=CCCC1CCC(OCC2CCC(c3ccc(F)cc3)CC2)CC1. The molecule has 0 N–H and O–H groups in total. The highest BCUT2D eigenvalue weighted by atomic mass is 19.1. The summed E-state index contributed by atoms with van der Waals surface area (Å²) in [7, 11) is 0. The molecule has 0 bridgehead atoms. The van der Waals surface area contributed by atoms with Gasteiger partial charge in [-0.2, -0.15) is 9.65 Å². The summed E-state index contributed by atoms with van der Waals surface area (Å²) in [6.07, 6.45) is 12.6. The average molecular weight is 388 g/mol. The Morgan fingerprint density at radius 2 is 1.64 bits per heavy atom. The van der Waals surface area contributed by atoms with Crippen molar-refractivity contribution in [2.45, 2.75) is 76.2 Å². The standard InChI is InChI=1S/C24H31F2NO/c25-22-12-10-21(11-13-22)20-8-4-19(5-9-20)17-28-24-14-6-18(7-15-24)2-1-3-23(26)16-27/h3,10-13,18-20,24H,1-2,4-9,14-15,17H2. The van der Waals surface area contributed by atoms with Crippen molar-refractivity contribution in [1.82, 2.24) is 0 Å². The van der Waals surface area contributed by atoms with Gasteiger partial charge in [-0.25, -0.2) is 4.39 Å². The second kappa shape index (κ2) is 10.7. The summed E-state index contributed by atoms with van der Waals surface area (Å²) < 4.78 is 32.1. The van der Waals surface area contributed by atoms with E-state index < -0.39 is 5.83 Å². The Kier molecular flexibility index (Phi) is 8.03. The lowest BCUT2D eigenvalue weighted by molar-refractivity contribution is -0.00824. The Morgan fingerprint density at radius 1 is 1.00 bits per heavy atom. The first-order valence-corrected chi connectivity index (χ1v) is 10.8. The van der Waals surface area contributed by atoms with Crippen LogP contribution in [0.5, 0.6) is 0 Å². The van der Waals surface area contributed by atoms with Gasteiger partial charge in [-0.15, -0.1) is 0 Å². The van der Waals surface area contributed by atoms with E-state index in [-0.39, 0.29) is 5.82 Å². The zero-order valence-electron chi connectivity index (χ0n) is 16.6. The van der Waals surface area contributed by atoms with Crippen LogP contribution in [0.2, 0.25) is 0 Å².